The van der Waals surface area contributed by atoms with Crippen molar-refractivity contribution in [2.75, 3.05) is 0 Å². The average molecular weight is 257 g/mol. The molecule has 0 amide bonds. The zero-order chi connectivity index (χ0) is 13.6. The van der Waals surface area contributed by atoms with E-state index in [9.17, 15) is 14.0 Å². The summed E-state index contributed by atoms with van der Waals surface area (Å²) in [6.45, 7) is 0. The fourth-order valence-corrected chi connectivity index (χ4v) is 2.08. The van der Waals surface area contributed by atoms with Gasteiger partial charge in [-0.3, -0.25) is 4.79 Å². The van der Waals surface area contributed by atoms with E-state index in [2.05, 4.69) is 4.98 Å². The first-order chi connectivity index (χ1) is 9.06. The van der Waals surface area contributed by atoms with Gasteiger partial charge in [0.1, 0.15) is 5.82 Å². The number of benzene rings is 2. The van der Waals surface area contributed by atoms with Gasteiger partial charge < -0.3 is 10.1 Å². The first-order valence-electron chi connectivity index (χ1n) is 5.55. The van der Waals surface area contributed by atoms with Gasteiger partial charge in [0.25, 0.3) is 0 Å². The van der Waals surface area contributed by atoms with Crippen LogP contribution in [0.3, 0.4) is 0 Å². The van der Waals surface area contributed by atoms with E-state index in [-0.39, 0.29) is 21.8 Å². The van der Waals surface area contributed by atoms with Crippen molar-refractivity contribution in [1.29, 1.82) is 0 Å². The molecule has 3 aromatic rings. The maximum absolute atomic E-state index is 13.2. The lowest BCUT2D eigenvalue weighted by molar-refractivity contribution is 0.0697. The van der Waals surface area contributed by atoms with Crippen LogP contribution < -0.4 is 5.43 Å². The van der Waals surface area contributed by atoms with Crippen LogP contribution in [0.25, 0.3) is 21.8 Å². The second-order valence-electron chi connectivity index (χ2n) is 4.21. The van der Waals surface area contributed by atoms with Crippen LogP contribution in [-0.4, -0.2) is 16.1 Å². The van der Waals surface area contributed by atoms with E-state index in [1.54, 1.807) is 0 Å². The van der Waals surface area contributed by atoms with Gasteiger partial charge in [-0.15, -0.1) is 0 Å². The minimum atomic E-state index is -1.11. The number of aromatic carboxylic acids is 1. The normalized spacial score (nSPS) is 11.0. The van der Waals surface area contributed by atoms with Gasteiger partial charge in [-0.25, -0.2) is 9.18 Å². The molecule has 0 radical (unpaired) electrons. The lowest BCUT2D eigenvalue weighted by Gasteiger charge is -2.03. The molecule has 2 N–H and O–H groups in total. The molecule has 3 rings (SSSR count). The third kappa shape index (κ3) is 1.76. The largest absolute Gasteiger partial charge is 0.478 e. The Labute approximate surface area is 106 Å². The van der Waals surface area contributed by atoms with Gasteiger partial charge in [-0.2, -0.15) is 0 Å². The third-order valence-electron chi connectivity index (χ3n) is 3.01. The molecule has 19 heavy (non-hydrogen) atoms. The summed E-state index contributed by atoms with van der Waals surface area (Å²) < 4.78 is 13.2. The Balaban J connectivity index is 2.48. The number of aromatic amines is 1. The van der Waals surface area contributed by atoms with Crippen molar-refractivity contribution in [3.05, 3.63) is 58.0 Å². The van der Waals surface area contributed by atoms with Crippen LogP contribution in [0.2, 0.25) is 0 Å². The van der Waals surface area contributed by atoms with E-state index < -0.39 is 11.8 Å². The molecule has 5 heteroatoms. The summed E-state index contributed by atoms with van der Waals surface area (Å²) in [5, 5.41) is 9.36. The molecule has 0 spiro atoms. The summed E-state index contributed by atoms with van der Waals surface area (Å²) in [6.07, 6.45) is 0. The summed E-state index contributed by atoms with van der Waals surface area (Å²) in [5.41, 5.74) is 0.677. The number of carboxylic acids is 1. The molecule has 94 valence electrons. The summed E-state index contributed by atoms with van der Waals surface area (Å²) >= 11 is 0. The van der Waals surface area contributed by atoms with Gasteiger partial charge in [0.2, 0.25) is 0 Å². The number of nitrogens with one attached hydrogen (secondary N) is 1. The monoisotopic (exact) mass is 257 g/mol. The number of pyridine rings is 1. The second-order valence-corrected chi connectivity index (χ2v) is 4.21. The van der Waals surface area contributed by atoms with Crippen LogP contribution in [0.4, 0.5) is 4.39 Å². The van der Waals surface area contributed by atoms with Crippen LogP contribution in [0.5, 0.6) is 0 Å². The van der Waals surface area contributed by atoms with Crippen molar-refractivity contribution in [2.24, 2.45) is 0 Å². The van der Waals surface area contributed by atoms with Crippen molar-refractivity contribution in [1.82, 2.24) is 4.98 Å². The Kier molecular flexibility index (Phi) is 2.35. The Bertz CT molecular complexity index is 883. The van der Waals surface area contributed by atoms with Crippen LogP contribution in [-0.2, 0) is 0 Å². The third-order valence-corrected chi connectivity index (χ3v) is 3.01. The second kappa shape index (κ2) is 3.91. The molecule has 2 aromatic carbocycles. The molecule has 0 aliphatic carbocycles. The predicted molar refractivity (Wildman–Crippen MR) is 69.0 cm³/mol. The summed E-state index contributed by atoms with van der Waals surface area (Å²) in [7, 11) is 0. The number of carbonyl (C=O) groups is 1. The molecule has 4 nitrogen and oxygen atoms in total. The first kappa shape index (κ1) is 11.4. The van der Waals surface area contributed by atoms with Crippen molar-refractivity contribution in [3.63, 3.8) is 0 Å². The molecular formula is C14H8FNO3. The predicted octanol–water partition coefficient (Wildman–Crippen LogP) is 2.52. The number of carboxylic acid groups (broad SMARTS) is 1. The quantitative estimate of drug-likeness (QED) is 0.658. The van der Waals surface area contributed by atoms with Crippen LogP contribution in [0.15, 0.2) is 41.2 Å². The van der Waals surface area contributed by atoms with Crippen molar-refractivity contribution >= 4 is 27.8 Å². The van der Waals surface area contributed by atoms with Gasteiger partial charge in [0, 0.05) is 21.8 Å². The number of fused-ring (bicyclic) bond motifs is 2. The smallest absolute Gasteiger partial charge is 0.335 e. The van der Waals surface area contributed by atoms with Gasteiger partial charge >= 0.3 is 5.97 Å². The topological polar surface area (TPSA) is 70.2 Å². The van der Waals surface area contributed by atoms with Crippen molar-refractivity contribution < 1.29 is 14.3 Å². The minimum absolute atomic E-state index is 0.0220. The summed E-state index contributed by atoms with van der Waals surface area (Å²) in [4.78, 5) is 26.1. The molecule has 1 aromatic heterocycles. The molecule has 0 unspecified atom stereocenters. The van der Waals surface area contributed by atoms with Crippen LogP contribution >= 0.6 is 0 Å². The van der Waals surface area contributed by atoms with E-state index in [0.717, 1.165) is 6.07 Å². The first-order valence-corrected chi connectivity index (χ1v) is 5.55. The van der Waals surface area contributed by atoms with Crippen molar-refractivity contribution in [2.45, 2.75) is 0 Å². The lowest BCUT2D eigenvalue weighted by Crippen LogP contribution is -2.06. The maximum atomic E-state index is 13.2. The highest BCUT2D eigenvalue weighted by atomic mass is 19.1. The van der Waals surface area contributed by atoms with Crippen LogP contribution in [0, 0.1) is 5.82 Å². The molecular weight excluding hydrogens is 249 g/mol. The number of hydrogen-bond acceptors (Lipinski definition) is 2. The van der Waals surface area contributed by atoms with Crippen molar-refractivity contribution in [3.8, 4) is 0 Å². The van der Waals surface area contributed by atoms with Gasteiger partial charge in [0.15, 0.2) is 5.43 Å². The molecule has 0 saturated heterocycles. The van der Waals surface area contributed by atoms with E-state index in [4.69, 9.17) is 5.11 Å². The van der Waals surface area contributed by atoms with Gasteiger partial charge in [-0.1, -0.05) is 0 Å². The Morgan fingerprint density at radius 2 is 1.68 bits per heavy atom. The zero-order valence-corrected chi connectivity index (χ0v) is 9.61. The maximum Gasteiger partial charge on any atom is 0.335 e. The molecule has 0 saturated carbocycles. The summed E-state index contributed by atoms with van der Waals surface area (Å²) in [6, 6.07) is 8.12. The van der Waals surface area contributed by atoms with E-state index in [1.807, 2.05) is 0 Å². The summed E-state index contributed by atoms with van der Waals surface area (Å²) in [5.74, 6) is -1.62. The van der Waals surface area contributed by atoms with E-state index in [0.29, 0.717) is 11.0 Å². The number of rotatable bonds is 1. The van der Waals surface area contributed by atoms with Crippen LogP contribution in [0.1, 0.15) is 10.4 Å². The number of aromatic nitrogens is 1. The van der Waals surface area contributed by atoms with Gasteiger partial charge in [-0.05, 0) is 36.4 Å². The highest BCUT2D eigenvalue weighted by Crippen LogP contribution is 2.17. The molecule has 0 atom stereocenters. The minimum Gasteiger partial charge on any atom is -0.478 e. The zero-order valence-electron chi connectivity index (χ0n) is 9.61. The molecule has 0 bridgehead atoms. The molecule has 0 aliphatic heterocycles. The SMILES string of the molecule is O=C(O)c1ccc2[nH]c3ccc(F)cc3c(=O)c2c1. The van der Waals surface area contributed by atoms with E-state index in [1.165, 1.54) is 30.3 Å². The Hall–Kier alpha value is -2.69. The Morgan fingerprint density at radius 3 is 2.37 bits per heavy atom. The molecule has 1 heterocycles. The Morgan fingerprint density at radius 1 is 1.05 bits per heavy atom. The highest BCUT2D eigenvalue weighted by Gasteiger charge is 2.09. The number of halogens is 1. The fraction of sp³-hybridized carbons (Fsp3) is 0. The number of H-pyrrole nitrogens is 1. The van der Waals surface area contributed by atoms with Gasteiger partial charge in [0.05, 0.1) is 5.56 Å². The fourth-order valence-electron chi connectivity index (χ4n) is 2.08. The molecule has 0 fully saturated rings. The lowest BCUT2D eigenvalue weighted by atomic mass is 10.1. The standard InChI is InChI=1S/C14H8FNO3/c15-8-2-4-12-10(6-8)13(17)9-5-7(14(18)19)1-3-11(9)16-12/h1-6H,(H,16,17)(H,18,19). The average Bonchev–Trinajstić information content (AvgIpc) is 2.39. The van der Waals surface area contributed by atoms with E-state index >= 15 is 0 Å². The molecule has 0 aliphatic rings. The number of hydrogen-bond donors (Lipinski definition) is 2. The highest BCUT2D eigenvalue weighted by molar-refractivity contribution is 5.97.